The maximum atomic E-state index is 2.70. The van der Waals surface area contributed by atoms with Gasteiger partial charge in [-0.15, -0.1) is 0 Å². The van der Waals surface area contributed by atoms with Crippen LogP contribution >= 0.6 is 0 Å². The van der Waals surface area contributed by atoms with Crippen LogP contribution in [-0.2, 0) is 0 Å². The number of hydrogen-bond acceptors (Lipinski definition) is 1. The van der Waals surface area contributed by atoms with E-state index in [-0.39, 0.29) is 0 Å². The third-order valence-corrected chi connectivity index (χ3v) is 4.15. The van der Waals surface area contributed by atoms with E-state index >= 15 is 0 Å². The summed E-state index contributed by atoms with van der Waals surface area (Å²) in [5, 5.41) is 0. The molecule has 1 nitrogen and oxygen atoms in total. The molecule has 0 saturated carbocycles. The predicted molar refractivity (Wildman–Crippen MR) is 68.1 cm³/mol. The molecule has 1 heterocycles. The van der Waals surface area contributed by atoms with E-state index in [0.717, 1.165) is 23.8 Å². The molecule has 3 atom stereocenters. The van der Waals surface area contributed by atoms with Crippen molar-refractivity contribution in [1.82, 2.24) is 4.90 Å². The van der Waals surface area contributed by atoms with Crippen LogP contribution in [-0.4, -0.2) is 24.0 Å². The second kappa shape index (κ2) is 5.89. The van der Waals surface area contributed by atoms with Gasteiger partial charge in [-0.05, 0) is 44.1 Å². The summed E-state index contributed by atoms with van der Waals surface area (Å²) in [6.07, 6.45) is 4.09. The van der Waals surface area contributed by atoms with Crippen LogP contribution in [0.4, 0.5) is 0 Å². The first-order valence-electron chi connectivity index (χ1n) is 6.80. The number of likely N-dealkylation sites (tertiary alicyclic amines) is 1. The Kier molecular flexibility index (Phi) is 5.11. The van der Waals surface area contributed by atoms with Crippen LogP contribution in [0.25, 0.3) is 0 Å². The molecule has 0 bridgehead atoms. The van der Waals surface area contributed by atoms with Crippen molar-refractivity contribution < 1.29 is 0 Å². The molecule has 1 aliphatic heterocycles. The molecule has 1 fully saturated rings. The maximum absolute atomic E-state index is 2.70. The minimum atomic E-state index is 0.806. The summed E-state index contributed by atoms with van der Waals surface area (Å²) in [5.74, 6) is 2.69. The highest BCUT2D eigenvalue weighted by atomic mass is 15.2. The largest absolute Gasteiger partial charge is 0.300 e. The topological polar surface area (TPSA) is 3.24 Å². The third-order valence-electron chi connectivity index (χ3n) is 4.15. The molecule has 0 aromatic heterocycles. The zero-order valence-electron chi connectivity index (χ0n) is 11.3. The van der Waals surface area contributed by atoms with Gasteiger partial charge in [0.25, 0.3) is 0 Å². The SMILES string of the molecule is CCCCN1C[C@H](C)C(C(C)C)C[C@@H]1C. The van der Waals surface area contributed by atoms with Crippen molar-refractivity contribution in [2.75, 3.05) is 13.1 Å². The minimum absolute atomic E-state index is 0.806. The summed E-state index contributed by atoms with van der Waals surface area (Å²) in [5.41, 5.74) is 0. The molecular weight excluding hydrogens is 182 g/mol. The van der Waals surface area contributed by atoms with E-state index in [9.17, 15) is 0 Å². The highest BCUT2D eigenvalue weighted by Crippen LogP contribution is 2.32. The minimum Gasteiger partial charge on any atom is -0.300 e. The fraction of sp³-hybridized carbons (Fsp3) is 1.00. The van der Waals surface area contributed by atoms with Gasteiger partial charge in [0.05, 0.1) is 0 Å². The fourth-order valence-electron chi connectivity index (χ4n) is 3.06. The van der Waals surface area contributed by atoms with Crippen molar-refractivity contribution in [1.29, 1.82) is 0 Å². The van der Waals surface area contributed by atoms with E-state index in [0.29, 0.717) is 0 Å². The molecular formula is C14H29N. The number of unbranched alkanes of at least 4 members (excludes halogenated alkanes) is 1. The molecule has 0 aromatic carbocycles. The van der Waals surface area contributed by atoms with Crippen molar-refractivity contribution in [2.24, 2.45) is 17.8 Å². The molecule has 0 spiro atoms. The van der Waals surface area contributed by atoms with E-state index in [1.807, 2.05) is 0 Å². The lowest BCUT2D eigenvalue weighted by Gasteiger charge is -2.43. The Hall–Kier alpha value is -0.0400. The Labute approximate surface area is 96.2 Å². The third kappa shape index (κ3) is 3.48. The molecule has 1 rings (SSSR count). The van der Waals surface area contributed by atoms with Gasteiger partial charge < -0.3 is 4.90 Å². The first-order valence-corrected chi connectivity index (χ1v) is 6.80. The molecule has 1 aliphatic rings. The monoisotopic (exact) mass is 211 g/mol. The normalized spacial score (nSPS) is 33.6. The van der Waals surface area contributed by atoms with Crippen molar-refractivity contribution in [2.45, 2.75) is 59.9 Å². The highest BCUT2D eigenvalue weighted by molar-refractivity contribution is 4.84. The van der Waals surface area contributed by atoms with Crippen LogP contribution in [0.3, 0.4) is 0 Å². The molecule has 0 aliphatic carbocycles. The van der Waals surface area contributed by atoms with Crippen molar-refractivity contribution in [3.63, 3.8) is 0 Å². The first kappa shape index (κ1) is 13.0. The summed E-state index contributed by atoms with van der Waals surface area (Å²) in [6.45, 7) is 14.5. The lowest BCUT2D eigenvalue weighted by Crippen LogP contribution is -2.46. The Bertz CT molecular complexity index is 176. The van der Waals surface area contributed by atoms with E-state index in [2.05, 4.69) is 39.5 Å². The van der Waals surface area contributed by atoms with Gasteiger partial charge in [0.2, 0.25) is 0 Å². The fourth-order valence-corrected chi connectivity index (χ4v) is 3.06. The number of hydrogen-bond donors (Lipinski definition) is 0. The van der Waals surface area contributed by atoms with E-state index in [1.54, 1.807) is 0 Å². The van der Waals surface area contributed by atoms with Crippen molar-refractivity contribution in [3.05, 3.63) is 0 Å². The van der Waals surface area contributed by atoms with Gasteiger partial charge in [0.1, 0.15) is 0 Å². The van der Waals surface area contributed by atoms with E-state index < -0.39 is 0 Å². The molecule has 1 saturated heterocycles. The van der Waals surface area contributed by atoms with Crippen LogP contribution in [0.5, 0.6) is 0 Å². The summed E-state index contributed by atoms with van der Waals surface area (Å²) in [4.78, 5) is 2.70. The van der Waals surface area contributed by atoms with Crippen LogP contribution in [0.2, 0.25) is 0 Å². The predicted octanol–water partition coefficient (Wildman–Crippen LogP) is 3.79. The lowest BCUT2D eigenvalue weighted by molar-refractivity contribution is 0.0563. The summed E-state index contributed by atoms with van der Waals surface area (Å²) in [7, 11) is 0. The second-order valence-electron chi connectivity index (χ2n) is 5.82. The van der Waals surface area contributed by atoms with Crippen LogP contribution in [0, 0.1) is 17.8 Å². The highest BCUT2D eigenvalue weighted by Gasteiger charge is 2.31. The van der Waals surface area contributed by atoms with Crippen LogP contribution < -0.4 is 0 Å². The molecule has 0 amide bonds. The Morgan fingerprint density at radius 3 is 2.47 bits per heavy atom. The lowest BCUT2D eigenvalue weighted by atomic mass is 9.76. The van der Waals surface area contributed by atoms with Gasteiger partial charge in [0.15, 0.2) is 0 Å². The molecule has 1 unspecified atom stereocenters. The molecule has 0 radical (unpaired) electrons. The number of rotatable bonds is 4. The standard InChI is InChI=1S/C14H29N/c1-6-7-8-15-10-12(4)14(11(2)3)9-13(15)5/h11-14H,6-10H2,1-5H3/t12-,13-,14?/m0/s1. The molecule has 90 valence electrons. The number of nitrogens with zero attached hydrogens (tertiary/aromatic N) is 1. The molecule has 0 aromatic rings. The van der Waals surface area contributed by atoms with Gasteiger partial charge in [-0.25, -0.2) is 0 Å². The number of piperidine rings is 1. The quantitative estimate of drug-likeness (QED) is 0.684. The van der Waals surface area contributed by atoms with Crippen molar-refractivity contribution >= 4 is 0 Å². The second-order valence-corrected chi connectivity index (χ2v) is 5.82. The van der Waals surface area contributed by atoms with Gasteiger partial charge in [0, 0.05) is 12.6 Å². The molecule has 15 heavy (non-hydrogen) atoms. The zero-order valence-corrected chi connectivity index (χ0v) is 11.3. The average molecular weight is 211 g/mol. The summed E-state index contributed by atoms with van der Waals surface area (Å²) < 4.78 is 0. The average Bonchev–Trinajstić information content (AvgIpc) is 2.18. The molecule has 0 N–H and O–H groups in total. The Morgan fingerprint density at radius 1 is 1.27 bits per heavy atom. The van der Waals surface area contributed by atoms with Gasteiger partial charge in [-0.1, -0.05) is 34.1 Å². The van der Waals surface area contributed by atoms with Crippen molar-refractivity contribution in [3.8, 4) is 0 Å². The maximum Gasteiger partial charge on any atom is 0.00698 e. The van der Waals surface area contributed by atoms with E-state index in [4.69, 9.17) is 0 Å². The summed E-state index contributed by atoms with van der Waals surface area (Å²) >= 11 is 0. The first-order chi connectivity index (χ1) is 7.06. The Balaban J connectivity index is 2.47. The van der Waals surface area contributed by atoms with Gasteiger partial charge in [-0.2, -0.15) is 0 Å². The van der Waals surface area contributed by atoms with Gasteiger partial charge >= 0.3 is 0 Å². The van der Waals surface area contributed by atoms with Gasteiger partial charge in [-0.3, -0.25) is 0 Å². The molecule has 1 heteroatoms. The smallest absolute Gasteiger partial charge is 0.00698 e. The Morgan fingerprint density at radius 2 is 1.93 bits per heavy atom. The van der Waals surface area contributed by atoms with E-state index in [1.165, 1.54) is 32.4 Å². The van der Waals surface area contributed by atoms with Crippen LogP contribution in [0.15, 0.2) is 0 Å². The zero-order chi connectivity index (χ0) is 11.4. The van der Waals surface area contributed by atoms with Crippen LogP contribution in [0.1, 0.15) is 53.9 Å². The summed E-state index contributed by atoms with van der Waals surface area (Å²) in [6, 6.07) is 0.806.